The number of nitrogens with zero attached hydrogens (tertiary/aromatic N) is 2. The molecular formula is C37H41N3O4. The number of amides is 1. The highest BCUT2D eigenvalue weighted by atomic mass is 16.5. The van der Waals surface area contributed by atoms with Gasteiger partial charge in [0.2, 0.25) is 5.91 Å². The van der Waals surface area contributed by atoms with Gasteiger partial charge in [0, 0.05) is 44.3 Å². The van der Waals surface area contributed by atoms with E-state index >= 15 is 0 Å². The van der Waals surface area contributed by atoms with Gasteiger partial charge in [-0.25, -0.2) is 0 Å². The van der Waals surface area contributed by atoms with Gasteiger partial charge in [-0.3, -0.25) is 9.69 Å². The predicted molar refractivity (Wildman–Crippen MR) is 175 cm³/mol. The number of likely N-dealkylation sites (tertiary alicyclic amines) is 1. The molecule has 1 fully saturated rings. The van der Waals surface area contributed by atoms with Gasteiger partial charge >= 0.3 is 0 Å². The summed E-state index contributed by atoms with van der Waals surface area (Å²) in [5, 5.41) is 6.17. The molecule has 228 valence electrons. The molecule has 0 radical (unpaired) electrons. The van der Waals surface area contributed by atoms with Crippen molar-refractivity contribution in [2.45, 2.75) is 38.0 Å². The number of methoxy groups -OCH3 is 3. The predicted octanol–water partition coefficient (Wildman–Crippen LogP) is 5.70. The van der Waals surface area contributed by atoms with Crippen molar-refractivity contribution in [2.24, 2.45) is 0 Å². The number of ether oxygens (including phenoxy) is 3. The number of hydrogen-bond acceptors (Lipinski definition) is 6. The van der Waals surface area contributed by atoms with Crippen molar-refractivity contribution in [2.75, 3.05) is 41.0 Å². The number of benzene rings is 4. The first-order chi connectivity index (χ1) is 21.6. The summed E-state index contributed by atoms with van der Waals surface area (Å²) in [6.45, 7) is 3.43. The van der Waals surface area contributed by atoms with Gasteiger partial charge in [-0.2, -0.15) is 0 Å². The van der Waals surface area contributed by atoms with Crippen molar-refractivity contribution in [3.8, 4) is 17.2 Å². The molecular weight excluding hydrogens is 550 g/mol. The van der Waals surface area contributed by atoms with Crippen LogP contribution in [0.15, 0.2) is 84.9 Å². The van der Waals surface area contributed by atoms with E-state index in [0.717, 1.165) is 47.6 Å². The van der Waals surface area contributed by atoms with Gasteiger partial charge in [-0.15, -0.1) is 0 Å². The molecule has 6 rings (SSSR count). The van der Waals surface area contributed by atoms with Crippen LogP contribution >= 0.6 is 0 Å². The van der Waals surface area contributed by atoms with Crippen molar-refractivity contribution in [3.63, 3.8) is 0 Å². The Kier molecular flexibility index (Phi) is 9.15. The SMILES string of the molecule is COc1cc2c(cc1OC)CN(C(=O)[C@@H]1C[C@@H](NCc3c(OC)ccc4ccccc34)CN1C/C=C/c1ccccc1)CC2. The van der Waals surface area contributed by atoms with Crippen LogP contribution < -0.4 is 19.5 Å². The molecule has 0 bridgehead atoms. The topological polar surface area (TPSA) is 63.3 Å². The highest BCUT2D eigenvalue weighted by molar-refractivity contribution is 5.87. The Morgan fingerprint density at radius 3 is 2.39 bits per heavy atom. The van der Waals surface area contributed by atoms with Crippen LogP contribution in [0.2, 0.25) is 0 Å². The van der Waals surface area contributed by atoms with Crippen LogP contribution in [-0.2, 0) is 24.3 Å². The van der Waals surface area contributed by atoms with E-state index in [2.05, 4.69) is 64.8 Å². The van der Waals surface area contributed by atoms with E-state index in [-0.39, 0.29) is 18.0 Å². The van der Waals surface area contributed by atoms with Gasteiger partial charge in [0.15, 0.2) is 11.5 Å². The standard InChI is InChI=1S/C37H41N3O4/c1-42-34-16-15-27-13-7-8-14-31(27)32(34)23-38-30-22-33(39(25-30)18-9-12-26-10-5-4-6-11-26)37(41)40-19-17-28-20-35(43-2)36(44-3)21-29(28)24-40/h4-16,20-21,30,33,38H,17-19,22-25H2,1-3H3/b12-9+/t30-,33+/m1/s1. The van der Waals surface area contributed by atoms with Crippen LogP contribution in [-0.4, -0.2) is 68.8 Å². The number of hydrogen-bond donors (Lipinski definition) is 1. The Balaban J connectivity index is 1.20. The molecule has 4 aromatic rings. The smallest absolute Gasteiger partial charge is 0.240 e. The van der Waals surface area contributed by atoms with E-state index in [1.807, 2.05) is 41.3 Å². The zero-order chi connectivity index (χ0) is 30.5. The lowest BCUT2D eigenvalue weighted by molar-refractivity contribution is -0.136. The lowest BCUT2D eigenvalue weighted by Gasteiger charge is -2.33. The maximum atomic E-state index is 14.2. The van der Waals surface area contributed by atoms with E-state index in [1.54, 1.807) is 21.3 Å². The lowest BCUT2D eigenvalue weighted by Crippen LogP contribution is -2.47. The van der Waals surface area contributed by atoms with Crippen LogP contribution in [0.4, 0.5) is 0 Å². The molecule has 1 saturated heterocycles. The highest BCUT2D eigenvalue weighted by Gasteiger charge is 2.39. The maximum absolute atomic E-state index is 14.2. The van der Waals surface area contributed by atoms with Crippen molar-refractivity contribution in [3.05, 3.63) is 107 Å². The third-order valence-corrected chi connectivity index (χ3v) is 8.95. The summed E-state index contributed by atoms with van der Waals surface area (Å²) in [5.41, 5.74) is 4.63. The van der Waals surface area contributed by atoms with Crippen LogP contribution in [0.5, 0.6) is 17.2 Å². The molecule has 7 heteroatoms. The Morgan fingerprint density at radius 2 is 1.61 bits per heavy atom. The Morgan fingerprint density at radius 1 is 0.886 bits per heavy atom. The van der Waals surface area contributed by atoms with Gasteiger partial charge < -0.3 is 24.4 Å². The van der Waals surface area contributed by atoms with E-state index in [4.69, 9.17) is 14.2 Å². The summed E-state index contributed by atoms with van der Waals surface area (Å²) in [7, 11) is 5.03. The van der Waals surface area contributed by atoms with E-state index in [1.165, 1.54) is 16.3 Å². The van der Waals surface area contributed by atoms with Gasteiger partial charge in [-0.05, 0) is 58.5 Å². The molecule has 44 heavy (non-hydrogen) atoms. The number of carbonyl (C=O) groups is 1. The summed E-state index contributed by atoms with van der Waals surface area (Å²) in [6.07, 6.45) is 5.86. The number of fused-ring (bicyclic) bond motifs is 2. The molecule has 0 saturated carbocycles. The fraction of sp³-hybridized carbons (Fsp3) is 0.324. The summed E-state index contributed by atoms with van der Waals surface area (Å²) < 4.78 is 16.8. The third-order valence-electron chi connectivity index (χ3n) is 8.95. The third kappa shape index (κ3) is 6.30. The maximum Gasteiger partial charge on any atom is 0.240 e. The summed E-state index contributed by atoms with van der Waals surface area (Å²) in [5.74, 6) is 2.49. The minimum absolute atomic E-state index is 0.166. The molecule has 2 aliphatic heterocycles. The van der Waals surface area contributed by atoms with Gasteiger partial charge in [0.25, 0.3) is 0 Å². The molecule has 0 unspecified atom stereocenters. The second-order valence-corrected chi connectivity index (χ2v) is 11.5. The first-order valence-electron chi connectivity index (χ1n) is 15.3. The van der Waals surface area contributed by atoms with Crippen molar-refractivity contribution >= 4 is 22.8 Å². The average Bonchev–Trinajstić information content (AvgIpc) is 3.48. The van der Waals surface area contributed by atoms with Crippen LogP contribution in [0.25, 0.3) is 16.8 Å². The summed E-state index contributed by atoms with van der Waals surface area (Å²) in [6, 6.07) is 26.9. The molecule has 1 amide bonds. The summed E-state index contributed by atoms with van der Waals surface area (Å²) in [4.78, 5) is 18.5. The minimum Gasteiger partial charge on any atom is -0.496 e. The molecule has 0 aromatic heterocycles. The zero-order valence-corrected chi connectivity index (χ0v) is 25.8. The van der Waals surface area contributed by atoms with Crippen molar-refractivity contribution in [1.29, 1.82) is 0 Å². The van der Waals surface area contributed by atoms with Crippen LogP contribution in [0.1, 0.15) is 28.7 Å². The van der Waals surface area contributed by atoms with E-state index in [0.29, 0.717) is 31.9 Å². The van der Waals surface area contributed by atoms with Crippen LogP contribution in [0.3, 0.4) is 0 Å². The monoisotopic (exact) mass is 591 g/mol. The normalized spacial score (nSPS) is 18.5. The number of carbonyl (C=O) groups excluding carboxylic acids is 1. The minimum atomic E-state index is -0.205. The average molecular weight is 592 g/mol. The van der Waals surface area contributed by atoms with Crippen LogP contribution in [0, 0.1) is 0 Å². The second-order valence-electron chi connectivity index (χ2n) is 11.5. The second kappa shape index (κ2) is 13.5. The molecule has 0 aliphatic carbocycles. The van der Waals surface area contributed by atoms with Gasteiger partial charge in [0.1, 0.15) is 5.75 Å². The molecule has 1 N–H and O–H groups in total. The quantitative estimate of drug-likeness (QED) is 0.256. The first kappa shape index (κ1) is 29.7. The molecule has 2 aliphatic rings. The molecule has 0 spiro atoms. The molecule has 7 nitrogen and oxygen atoms in total. The molecule has 2 atom stereocenters. The number of nitrogens with one attached hydrogen (secondary N) is 1. The van der Waals surface area contributed by atoms with Crippen molar-refractivity contribution < 1.29 is 19.0 Å². The fourth-order valence-electron chi connectivity index (χ4n) is 6.62. The van der Waals surface area contributed by atoms with E-state index in [9.17, 15) is 4.79 Å². The fourth-order valence-corrected chi connectivity index (χ4v) is 6.62. The number of rotatable bonds is 10. The van der Waals surface area contributed by atoms with Crippen molar-refractivity contribution in [1.82, 2.24) is 15.1 Å². The molecule has 2 heterocycles. The zero-order valence-electron chi connectivity index (χ0n) is 25.8. The Hall–Kier alpha value is -4.33. The largest absolute Gasteiger partial charge is 0.496 e. The van der Waals surface area contributed by atoms with Gasteiger partial charge in [-0.1, -0.05) is 72.8 Å². The first-order valence-corrected chi connectivity index (χ1v) is 15.3. The Bertz CT molecular complexity index is 1640. The lowest BCUT2D eigenvalue weighted by atomic mass is 9.98. The van der Waals surface area contributed by atoms with Gasteiger partial charge in [0.05, 0.1) is 27.4 Å². The highest BCUT2D eigenvalue weighted by Crippen LogP contribution is 2.34. The molecule has 4 aromatic carbocycles. The Labute approximate surface area is 260 Å². The van der Waals surface area contributed by atoms with E-state index < -0.39 is 0 Å². The summed E-state index contributed by atoms with van der Waals surface area (Å²) >= 11 is 0.